The van der Waals surface area contributed by atoms with E-state index in [-0.39, 0.29) is 51.4 Å². The molecule has 0 fully saturated rings. The molecule has 0 saturated carbocycles. The number of carboxylic acids is 1. The Kier molecular flexibility index (Phi) is 24.9. The number of rotatable bonds is 8. The van der Waals surface area contributed by atoms with Crippen molar-refractivity contribution in [1.29, 1.82) is 0 Å². The standard InChI is InChI=1S/C15H14F4N2O2S.C14H12F4N2O2S.C2H5I.CH3.3HI.V/c1-8-4-10(16)9(5-12(8)24-7-15(17,18)19)13-20-6-11(21(13)2)14(22)23-3;1-7-3-9(15)8(4-11(7)23-6-14(16,17)18)12-19-5-10(13(21)22)20(12)2;1-2-3;;;;;/h4-6H,7H2,1-3H3;3-5H,6H2,1-2H3,(H,21,22);2H2,1H3;1H3;3*1H;/q;;;-1;;;;+3/p-3. The number of carbonyl (C=O) groups excluding carboxylic acids is 1. The van der Waals surface area contributed by atoms with Crippen LogP contribution in [0.4, 0.5) is 35.1 Å². The van der Waals surface area contributed by atoms with Crippen LogP contribution in [0, 0.1) is 32.9 Å². The van der Waals surface area contributed by atoms with Crippen LogP contribution in [0.1, 0.15) is 39.0 Å². The maximum absolute atomic E-state index is 14.3. The summed E-state index contributed by atoms with van der Waals surface area (Å²) in [7, 11) is 4.09. The molecule has 8 nitrogen and oxygen atoms in total. The Hall–Kier alpha value is -0.556. The number of hydrogen-bond donors (Lipinski definition) is 1. The van der Waals surface area contributed by atoms with Crippen LogP contribution in [-0.2, 0) is 23.8 Å². The molecule has 2 aromatic heterocycles. The normalized spacial score (nSPS) is 11.0. The van der Waals surface area contributed by atoms with E-state index in [2.05, 4.69) is 104 Å². The number of imidazole rings is 2. The molecule has 0 aliphatic rings. The monoisotopic (exact) mass is 1310 g/mol. The zero-order valence-electron chi connectivity index (χ0n) is 29.8. The van der Waals surface area contributed by atoms with E-state index in [1.807, 2.05) is 0 Å². The van der Waals surface area contributed by atoms with Crippen molar-refractivity contribution < 1.29 is 59.5 Å². The number of hydrogen-bond acceptors (Lipinski definition) is 7. The minimum atomic E-state index is -4.34. The Morgan fingerprint density at radius 2 is 1.13 bits per heavy atom. The van der Waals surface area contributed by atoms with Crippen LogP contribution >= 0.6 is 106 Å². The maximum atomic E-state index is 14.3. The van der Waals surface area contributed by atoms with Gasteiger partial charge in [-0.3, -0.25) is 0 Å². The number of aromatic carboxylic acids is 1. The number of thioether (sulfide) groups is 2. The van der Waals surface area contributed by atoms with E-state index < -0.39 is 47.4 Å². The van der Waals surface area contributed by atoms with Crippen molar-refractivity contribution >= 4 is 118 Å². The second-order valence-corrected chi connectivity index (χ2v) is 49.2. The first-order chi connectivity index (χ1) is 24.9. The number of aryl methyl sites for hydroxylation is 2. The van der Waals surface area contributed by atoms with E-state index in [9.17, 15) is 44.7 Å². The van der Waals surface area contributed by atoms with Gasteiger partial charge in [-0.25, -0.2) is 28.3 Å². The Balaban J connectivity index is 0.000000893. The first-order valence-corrected chi connectivity index (χ1v) is 31.6. The van der Waals surface area contributed by atoms with Crippen LogP contribution < -0.4 is 0 Å². The van der Waals surface area contributed by atoms with Crippen LogP contribution in [0.5, 0.6) is 0 Å². The van der Waals surface area contributed by atoms with Crippen molar-refractivity contribution in [3.8, 4) is 22.8 Å². The van der Waals surface area contributed by atoms with Crippen LogP contribution in [0.15, 0.2) is 46.5 Å². The summed E-state index contributed by atoms with van der Waals surface area (Å²) in [6.45, 7) is 5.15. The Bertz CT molecular complexity index is 1880. The fourth-order valence-electron chi connectivity index (χ4n) is 4.09. The quantitative estimate of drug-likeness (QED) is 0.0465. The van der Waals surface area contributed by atoms with Crippen LogP contribution in [0.3, 0.4) is 0 Å². The third kappa shape index (κ3) is 18.5. The molecule has 0 aliphatic heterocycles. The minimum absolute atomic E-state index is 0. The van der Waals surface area contributed by atoms with Crippen LogP contribution in [-0.4, -0.2) is 71.5 Å². The summed E-state index contributed by atoms with van der Waals surface area (Å²) in [6, 6.07) is 4.84. The van der Waals surface area contributed by atoms with E-state index in [1.165, 1.54) is 66.9 Å². The van der Waals surface area contributed by atoms with Gasteiger partial charge in [0.1, 0.15) is 34.7 Å². The molecule has 1 N–H and O–H groups in total. The number of methoxy groups -OCH3 is 1. The molecule has 4 rings (SSSR count). The number of benzene rings is 2. The van der Waals surface area contributed by atoms with E-state index in [4.69, 9.17) is 5.11 Å². The van der Waals surface area contributed by atoms with Gasteiger partial charge in [0.15, 0.2) is 0 Å². The molecule has 0 atom stereocenters. The van der Waals surface area contributed by atoms with Gasteiger partial charge in [0, 0.05) is 23.9 Å². The fraction of sp³-hybridized carbons (Fsp3) is 0.344. The second kappa shape index (κ2) is 25.2. The molecule has 0 amide bonds. The average molecular weight is 1310 g/mol. The molecule has 23 heteroatoms. The summed E-state index contributed by atoms with van der Waals surface area (Å²) in [4.78, 5) is 30.7. The van der Waals surface area contributed by atoms with E-state index in [0.717, 1.165) is 18.3 Å². The number of alkyl halides is 7. The number of esters is 1. The van der Waals surface area contributed by atoms with Gasteiger partial charge in [-0.15, -0.1) is 23.5 Å². The molecule has 0 unspecified atom stereocenters. The third-order valence-corrected chi connectivity index (χ3v) is 8.83. The summed E-state index contributed by atoms with van der Waals surface area (Å²) in [5, 5.41) is 8.98. The Morgan fingerprint density at radius 1 is 0.800 bits per heavy atom. The van der Waals surface area contributed by atoms with Crippen molar-refractivity contribution in [3.05, 3.63) is 78.2 Å². The second-order valence-electron chi connectivity index (χ2n) is 10.3. The molecule has 0 aliphatic carbocycles. The van der Waals surface area contributed by atoms with Gasteiger partial charge in [0.2, 0.25) is 0 Å². The van der Waals surface area contributed by atoms with Gasteiger partial charge in [-0.05, 0) is 53.7 Å². The number of halogens is 12. The first kappa shape index (κ1) is 54.4. The van der Waals surface area contributed by atoms with Crippen LogP contribution in [0.25, 0.3) is 22.8 Å². The molecule has 2 aromatic carbocycles. The van der Waals surface area contributed by atoms with Crippen molar-refractivity contribution in [2.75, 3.05) is 23.0 Å². The van der Waals surface area contributed by atoms with Crippen molar-refractivity contribution in [3.63, 3.8) is 0 Å². The zero-order chi connectivity index (χ0) is 41.7. The fourth-order valence-corrected chi connectivity index (χ4v) is 5.70. The van der Waals surface area contributed by atoms with Gasteiger partial charge >= 0.3 is 89.1 Å². The average Bonchev–Trinajstić information content (AvgIpc) is 3.61. The molecule has 308 valence electrons. The van der Waals surface area contributed by atoms with Gasteiger partial charge in [0.05, 0.1) is 42.1 Å². The Labute approximate surface area is 373 Å². The number of carbonyl (C=O) groups is 2. The van der Waals surface area contributed by atoms with Gasteiger partial charge in [-0.2, -0.15) is 26.3 Å². The van der Waals surface area contributed by atoms with Gasteiger partial charge in [-0.1, -0.05) is 29.5 Å². The molecule has 2 heterocycles. The number of ether oxygens (including phenoxy) is 1. The third-order valence-electron chi connectivity index (χ3n) is 6.38. The van der Waals surface area contributed by atoms with E-state index in [1.54, 1.807) is 0 Å². The topological polar surface area (TPSA) is 99.2 Å². The summed E-state index contributed by atoms with van der Waals surface area (Å²) in [6.07, 6.45) is -6.37. The molecule has 55 heavy (non-hydrogen) atoms. The van der Waals surface area contributed by atoms with Gasteiger partial charge in [0.25, 0.3) is 0 Å². The molecule has 0 bridgehead atoms. The summed E-state index contributed by atoms with van der Waals surface area (Å²) in [5.74, 6) is -5.19. The summed E-state index contributed by atoms with van der Waals surface area (Å²) < 4.78 is 111. The zero-order valence-corrected chi connectivity index (χ0v) is 41.5. The molecule has 4 aromatic rings. The van der Waals surface area contributed by atoms with E-state index in [0.29, 0.717) is 39.5 Å². The molecule has 0 saturated heterocycles. The molecule has 0 radical (unpaired) electrons. The number of nitrogens with zero attached hydrogens (tertiary/aromatic N) is 4. The number of aromatic nitrogens is 4. The van der Waals surface area contributed by atoms with Gasteiger partial charge < -0.3 is 26.4 Å². The van der Waals surface area contributed by atoms with Crippen molar-refractivity contribution in [2.24, 2.45) is 14.1 Å². The van der Waals surface area contributed by atoms with Crippen LogP contribution in [0.2, 0.25) is 0 Å². The van der Waals surface area contributed by atoms with Crippen molar-refractivity contribution in [1.82, 2.24) is 19.1 Å². The Morgan fingerprint density at radius 3 is 1.42 bits per heavy atom. The predicted molar refractivity (Wildman–Crippen MR) is 232 cm³/mol. The molecular formula is C32H34F8I4N4O4S2V-. The molecular weight excluding hydrogens is 1280 g/mol. The summed E-state index contributed by atoms with van der Waals surface area (Å²) in [5.41, 5.74) is 0.695. The SMILES string of the molecule is CCI.COC(=O)c1cnc(-c2cc(SCC(F)(F)F)c(C)cc2F)n1C.Cc1cc(F)c(-c2ncc(C(=O)O)n2C)cc1SCC(F)(F)F.[CH3-].[I][V]([I])[I]. The van der Waals surface area contributed by atoms with Crippen molar-refractivity contribution in [2.45, 2.75) is 42.9 Å². The predicted octanol–water partition coefficient (Wildman–Crippen LogP) is 12.4. The summed E-state index contributed by atoms with van der Waals surface area (Å²) >= 11 is 10.8. The van der Waals surface area contributed by atoms with E-state index >= 15 is 0 Å². The number of carboxylic acid groups (broad SMARTS) is 1. The first-order valence-electron chi connectivity index (χ1n) is 14.6. The molecule has 0 spiro atoms.